The van der Waals surface area contributed by atoms with Crippen LogP contribution in [0.4, 0.5) is 0 Å². The predicted molar refractivity (Wildman–Crippen MR) is 283 cm³/mol. The summed E-state index contributed by atoms with van der Waals surface area (Å²) >= 11 is 28.9. The van der Waals surface area contributed by atoms with Crippen molar-refractivity contribution in [3.05, 3.63) is 206 Å². The molecule has 8 bridgehead atoms. The molecular formula is C56H24Cl4N4O8Zn. The van der Waals surface area contributed by atoms with Gasteiger partial charge in [0.2, 0.25) is 0 Å². The average Bonchev–Trinajstić information content (AvgIpc) is 4.24. The van der Waals surface area contributed by atoms with Crippen LogP contribution in [0.5, 0.6) is 0 Å². The molecule has 17 heteroatoms. The van der Waals surface area contributed by atoms with Crippen LogP contribution >= 0.6 is 46.4 Å². The van der Waals surface area contributed by atoms with Crippen molar-refractivity contribution in [2.24, 2.45) is 0 Å². The standard InChI is InChI=1S/C56H24Cl4N4O8.Zn/c57-49-25-9-1-5-13-37(25)69-53(65)45(49)41-29-17-19-31(61-29)42(46-50(58)26-10-2-6-14-38(26)70-54(46)66)33-21-23-35(63-33)44(48-52(60)28-12-4-8-16-40(28)72-56(48)68)36-24-22-34(64-36)43(32-20-18-30(41)62-32)47-51(59)27-11-3-7-15-39(27)71-55(47)67;/h1-24H;/q-2;+2. The Labute approximate surface area is 441 Å². The Morgan fingerprint density at radius 1 is 0.315 bits per heavy atom. The summed E-state index contributed by atoms with van der Waals surface area (Å²) in [6.07, 6.45) is 6.52. The van der Waals surface area contributed by atoms with Crippen LogP contribution < -0.4 is 32.5 Å². The first-order valence-electron chi connectivity index (χ1n) is 21.9. The van der Waals surface area contributed by atoms with Gasteiger partial charge in [0.25, 0.3) is 0 Å². The Morgan fingerprint density at radius 3 is 0.767 bits per heavy atom. The zero-order valence-electron chi connectivity index (χ0n) is 37.1. The number of para-hydroxylation sites is 4. The molecule has 73 heavy (non-hydrogen) atoms. The summed E-state index contributed by atoms with van der Waals surface area (Å²) < 4.78 is 23.5. The van der Waals surface area contributed by atoms with E-state index in [4.69, 9.17) is 84.0 Å². The maximum Gasteiger partial charge on any atom is 2.00 e. The van der Waals surface area contributed by atoms with Crippen molar-refractivity contribution < 1.29 is 37.1 Å². The number of halogens is 4. The van der Waals surface area contributed by atoms with E-state index in [0.717, 1.165) is 0 Å². The van der Waals surface area contributed by atoms with Crippen molar-refractivity contribution in [3.63, 3.8) is 0 Å². The third kappa shape index (κ3) is 7.29. The molecule has 0 unspecified atom stereocenters. The fraction of sp³-hybridized carbons (Fsp3) is 0. The van der Waals surface area contributed by atoms with E-state index in [1.54, 1.807) is 146 Å². The number of aromatic nitrogens is 4. The van der Waals surface area contributed by atoms with E-state index in [9.17, 15) is 19.2 Å². The van der Waals surface area contributed by atoms with Gasteiger partial charge in [0, 0.05) is 43.8 Å². The van der Waals surface area contributed by atoms with E-state index >= 15 is 0 Å². The Morgan fingerprint density at radius 2 is 0.534 bits per heavy atom. The van der Waals surface area contributed by atoms with Gasteiger partial charge in [-0.25, -0.2) is 29.1 Å². The molecule has 0 spiro atoms. The molecule has 0 aliphatic carbocycles. The molecule has 346 valence electrons. The van der Waals surface area contributed by atoms with Crippen LogP contribution in [0.2, 0.25) is 20.1 Å². The van der Waals surface area contributed by atoms with Crippen molar-refractivity contribution in [1.82, 2.24) is 19.9 Å². The molecule has 0 atom stereocenters. The number of rotatable bonds is 4. The summed E-state index contributed by atoms with van der Waals surface area (Å²) in [5.41, 5.74) is -0.623. The number of hydrogen-bond donors (Lipinski definition) is 0. The van der Waals surface area contributed by atoms with E-state index in [1.165, 1.54) is 0 Å². The molecule has 4 aromatic carbocycles. The van der Waals surface area contributed by atoms with Gasteiger partial charge in [0.1, 0.15) is 22.3 Å². The average molecular weight is 1090 g/mol. The molecule has 0 saturated carbocycles. The van der Waals surface area contributed by atoms with Crippen LogP contribution in [0, 0.1) is 0 Å². The summed E-state index contributed by atoms with van der Waals surface area (Å²) in [5, 5.41) is 1.93. The van der Waals surface area contributed by atoms with Crippen molar-refractivity contribution >= 4 is 137 Å². The SMILES string of the molecule is O=c1oc2ccccc2c(Cl)c1-c1c2nc(c(-c3c(Cl)c4ccccc4oc3=O)c3ccc([n-]3)c(-c3c(Cl)c4ccccc4oc3=O)c3nc(c(-c4c(Cl)c5ccccc5oc4=O)c4ccc1[n-]4)C=C3)C=C2.[Zn+2]. The molecule has 9 heterocycles. The summed E-state index contributed by atoms with van der Waals surface area (Å²) in [6, 6.07) is 33.8. The van der Waals surface area contributed by atoms with Gasteiger partial charge in [-0.05, 0) is 72.8 Å². The second-order valence-electron chi connectivity index (χ2n) is 16.7. The molecule has 0 amide bonds. The molecule has 2 aliphatic rings. The van der Waals surface area contributed by atoms with Gasteiger partial charge in [-0.15, -0.1) is 22.1 Å². The molecule has 7 aromatic heterocycles. The Bertz CT molecular complexity index is 4170. The van der Waals surface area contributed by atoms with Crippen LogP contribution in [0.25, 0.3) is 135 Å². The largest absolute Gasteiger partial charge is 2.00 e. The van der Waals surface area contributed by atoms with E-state index in [2.05, 4.69) is 0 Å². The smallest absolute Gasteiger partial charge is 0.657 e. The second-order valence-corrected chi connectivity index (χ2v) is 18.2. The van der Waals surface area contributed by atoms with Gasteiger partial charge >= 0.3 is 42.0 Å². The summed E-state index contributed by atoms with van der Waals surface area (Å²) in [4.78, 5) is 77.8. The Hall–Kier alpha value is -7.90. The van der Waals surface area contributed by atoms with Crippen molar-refractivity contribution in [2.45, 2.75) is 0 Å². The molecule has 0 radical (unpaired) electrons. The van der Waals surface area contributed by atoms with Crippen molar-refractivity contribution in [2.75, 3.05) is 0 Å². The minimum absolute atomic E-state index is 0. The van der Waals surface area contributed by atoms with Gasteiger partial charge in [-0.2, -0.15) is 0 Å². The number of fused-ring (bicyclic) bond motifs is 12. The molecule has 0 fully saturated rings. The minimum atomic E-state index is -0.799. The third-order valence-corrected chi connectivity index (χ3v) is 14.2. The minimum Gasteiger partial charge on any atom is -0.657 e. The number of nitrogens with zero attached hydrogens (tertiary/aromatic N) is 4. The molecule has 12 nitrogen and oxygen atoms in total. The van der Waals surface area contributed by atoms with Gasteiger partial charge in [0.05, 0.1) is 65.1 Å². The maximum atomic E-state index is 14.3. The van der Waals surface area contributed by atoms with Gasteiger partial charge in [0.15, 0.2) is 0 Å². The number of hydrogen-bond acceptors (Lipinski definition) is 10. The van der Waals surface area contributed by atoms with Crippen LogP contribution in [0.15, 0.2) is 158 Å². The summed E-state index contributed by atoms with van der Waals surface area (Å²) in [5.74, 6) is 0. The van der Waals surface area contributed by atoms with Crippen LogP contribution in [-0.4, -0.2) is 9.97 Å². The predicted octanol–water partition coefficient (Wildman–Crippen LogP) is 13.6. The van der Waals surface area contributed by atoms with Gasteiger partial charge in [-0.3, -0.25) is 0 Å². The van der Waals surface area contributed by atoms with Crippen molar-refractivity contribution in [3.8, 4) is 44.5 Å². The molecule has 11 aromatic rings. The van der Waals surface area contributed by atoms with Crippen LogP contribution in [0.3, 0.4) is 0 Å². The second kappa shape index (κ2) is 17.7. The van der Waals surface area contributed by atoms with E-state index in [0.29, 0.717) is 21.5 Å². The van der Waals surface area contributed by atoms with E-state index in [1.807, 2.05) is 0 Å². The first kappa shape index (κ1) is 46.2. The normalized spacial score (nSPS) is 12.1. The first-order valence-corrected chi connectivity index (χ1v) is 23.5. The fourth-order valence-electron chi connectivity index (χ4n) is 9.41. The Balaban J connectivity index is 0.00000543. The zero-order chi connectivity index (χ0) is 49.1. The molecule has 0 saturated heterocycles. The van der Waals surface area contributed by atoms with E-state index in [-0.39, 0.29) is 151 Å². The Kier molecular flexibility index (Phi) is 11.2. The maximum absolute atomic E-state index is 14.3. The van der Waals surface area contributed by atoms with Gasteiger partial charge in [-0.1, -0.05) is 119 Å². The van der Waals surface area contributed by atoms with E-state index < -0.39 is 22.5 Å². The third-order valence-electron chi connectivity index (χ3n) is 12.6. The topological polar surface area (TPSA) is 175 Å². The quantitative estimate of drug-likeness (QED) is 0.121. The van der Waals surface area contributed by atoms with Crippen LogP contribution in [0.1, 0.15) is 22.8 Å². The van der Waals surface area contributed by atoms with Crippen molar-refractivity contribution in [1.29, 1.82) is 0 Å². The zero-order valence-corrected chi connectivity index (χ0v) is 43.1. The molecular weight excluding hydrogens is 1060 g/mol. The molecule has 13 rings (SSSR count). The molecule has 0 N–H and O–H groups in total. The monoisotopic (exact) mass is 1080 g/mol. The fourth-order valence-corrected chi connectivity index (χ4v) is 10.7. The summed E-state index contributed by atoms with van der Waals surface area (Å²) in [6.45, 7) is 0. The summed E-state index contributed by atoms with van der Waals surface area (Å²) in [7, 11) is 0. The van der Waals surface area contributed by atoms with Gasteiger partial charge < -0.3 is 27.6 Å². The first-order chi connectivity index (χ1) is 35.0. The van der Waals surface area contributed by atoms with Crippen LogP contribution in [-0.2, 0) is 19.5 Å². The molecule has 2 aliphatic heterocycles. The number of benzene rings is 4.